The van der Waals surface area contributed by atoms with Gasteiger partial charge in [-0.05, 0) is 6.42 Å². The van der Waals surface area contributed by atoms with Crippen molar-refractivity contribution in [2.75, 3.05) is 6.54 Å². The fourth-order valence-corrected chi connectivity index (χ4v) is 2.47. The number of hydrogen-bond acceptors (Lipinski definition) is 8. The van der Waals surface area contributed by atoms with Gasteiger partial charge in [-0.3, -0.25) is 24.0 Å². The molecule has 0 aliphatic rings. The van der Waals surface area contributed by atoms with E-state index >= 15 is 0 Å². The molecule has 15 nitrogen and oxygen atoms in total. The molecule has 0 saturated heterocycles. The van der Waals surface area contributed by atoms with Gasteiger partial charge in [0.2, 0.25) is 23.6 Å². The van der Waals surface area contributed by atoms with Crippen molar-refractivity contribution in [2.24, 2.45) is 11.5 Å². The van der Waals surface area contributed by atoms with E-state index in [0.717, 1.165) is 0 Å². The van der Waals surface area contributed by atoms with E-state index in [-0.39, 0.29) is 19.3 Å². The molecule has 0 bridgehead atoms. The fraction of sp³-hybridized carbons (Fsp3) is 0.471. The quantitative estimate of drug-likeness (QED) is 0.135. The average molecular weight is 455 g/mol. The van der Waals surface area contributed by atoms with E-state index in [4.69, 9.17) is 16.6 Å². The Morgan fingerprint density at radius 1 is 1.06 bits per heavy atom. The number of nitrogens with zero attached hydrogens (tertiary/aromatic N) is 1. The minimum Gasteiger partial charge on any atom is -0.481 e. The third kappa shape index (κ3) is 9.66. The lowest BCUT2D eigenvalue weighted by molar-refractivity contribution is -0.142. The van der Waals surface area contributed by atoms with Crippen LogP contribution in [0.1, 0.15) is 25.0 Å². The van der Waals surface area contributed by atoms with Crippen molar-refractivity contribution < 1.29 is 39.0 Å². The second-order valence-electron chi connectivity index (χ2n) is 6.73. The lowest BCUT2D eigenvalue weighted by atomic mass is 10.1. The number of hydrogen-bond donors (Lipinski definition) is 8. The molecule has 176 valence electrons. The predicted octanol–water partition coefficient (Wildman–Crippen LogP) is -3.81. The second-order valence-corrected chi connectivity index (χ2v) is 6.73. The summed E-state index contributed by atoms with van der Waals surface area (Å²) >= 11 is 0. The van der Waals surface area contributed by atoms with Crippen LogP contribution < -0.4 is 27.4 Å². The molecule has 0 saturated carbocycles. The number of carboxylic acid groups (broad SMARTS) is 2. The van der Waals surface area contributed by atoms with Crippen LogP contribution in [0.2, 0.25) is 0 Å². The zero-order valence-electron chi connectivity index (χ0n) is 16.9. The number of aliphatic carboxylic acids is 2. The van der Waals surface area contributed by atoms with Crippen LogP contribution in [0.4, 0.5) is 0 Å². The van der Waals surface area contributed by atoms with E-state index in [1.165, 1.54) is 12.5 Å². The van der Waals surface area contributed by atoms with Crippen molar-refractivity contribution in [1.29, 1.82) is 0 Å². The van der Waals surface area contributed by atoms with Crippen molar-refractivity contribution in [2.45, 2.75) is 43.8 Å². The first kappa shape index (κ1) is 26.0. The fourth-order valence-electron chi connectivity index (χ4n) is 2.47. The highest BCUT2D eigenvalue weighted by atomic mass is 16.4. The van der Waals surface area contributed by atoms with Gasteiger partial charge >= 0.3 is 11.9 Å². The van der Waals surface area contributed by atoms with Gasteiger partial charge in [-0.25, -0.2) is 9.78 Å². The zero-order chi connectivity index (χ0) is 24.3. The number of amides is 4. The molecule has 3 unspecified atom stereocenters. The third-order valence-electron chi connectivity index (χ3n) is 4.08. The van der Waals surface area contributed by atoms with Crippen molar-refractivity contribution in [1.82, 2.24) is 25.9 Å². The minimum atomic E-state index is -1.38. The Balaban J connectivity index is 2.74. The molecule has 0 spiro atoms. The SMILES string of the molecule is NC(=O)CCC(NC(=O)CNC(=O)C(N)CC(=O)O)C(=O)NC(Cc1cnc[nH]1)C(=O)O. The van der Waals surface area contributed by atoms with Gasteiger partial charge < -0.3 is 42.6 Å². The zero-order valence-corrected chi connectivity index (χ0v) is 16.9. The molecular formula is C17H25N7O8. The monoisotopic (exact) mass is 455 g/mol. The smallest absolute Gasteiger partial charge is 0.326 e. The Morgan fingerprint density at radius 3 is 2.28 bits per heavy atom. The molecule has 0 radical (unpaired) electrons. The summed E-state index contributed by atoms with van der Waals surface area (Å²) in [7, 11) is 0. The van der Waals surface area contributed by atoms with E-state index in [2.05, 4.69) is 25.9 Å². The van der Waals surface area contributed by atoms with Crippen molar-refractivity contribution >= 4 is 35.6 Å². The van der Waals surface area contributed by atoms with Crippen LogP contribution in [0.3, 0.4) is 0 Å². The number of aromatic nitrogens is 2. The number of carbonyl (C=O) groups excluding carboxylic acids is 4. The maximum absolute atomic E-state index is 12.6. The van der Waals surface area contributed by atoms with Crippen LogP contribution in [0.5, 0.6) is 0 Å². The summed E-state index contributed by atoms with van der Waals surface area (Å²) in [6.07, 6.45) is 1.44. The summed E-state index contributed by atoms with van der Waals surface area (Å²) in [6.45, 7) is -0.636. The highest BCUT2D eigenvalue weighted by molar-refractivity contribution is 5.93. The number of nitrogens with two attached hydrogens (primary N) is 2. The van der Waals surface area contributed by atoms with Crippen molar-refractivity contribution in [3.05, 3.63) is 18.2 Å². The summed E-state index contributed by atoms with van der Waals surface area (Å²) in [5.74, 6) is -6.04. The lowest BCUT2D eigenvalue weighted by Crippen LogP contribution is -2.54. The van der Waals surface area contributed by atoms with Gasteiger partial charge in [0.1, 0.15) is 12.1 Å². The maximum atomic E-state index is 12.6. The summed E-state index contributed by atoms with van der Waals surface area (Å²) in [5, 5.41) is 24.6. The highest BCUT2D eigenvalue weighted by Crippen LogP contribution is 2.03. The largest absolute Gasteiger partial charge is 0.481 e. The number of nitrogens with one attached hydrogen (secondary N) is 4. The van der Waals surface area contributed by atoms with Gasteiger partial charge in [0.15, 0.2) is 0 Å². The molecule has 1 aromatic rings. The summed E-state index contributed by atoms with van der Waals surface area (Å²) in [6, 6.07) is -4.07. The van der Waals surface area contributed by atoms with Crippen LogP contribution in [0.25, 0.3) is 0 Å². The second kappa shape index (κ2) is 12.6. The number of carboxylic acids is 2. The van der Waals surface area contributed by atoms with Gasteiger partial charge in [-0.2, -0.15) is 0 Å². The first-order chi connectivity index (χ1) is 15.0. The summed E-state index contributed by atoms with van der Waals surface area (Å²) in [4.78, 5) is 76.0. The van der Waals surface area contributed by atoms with Gasteiger partial charge in [-0.15, -0.1) is 0 Å². The number of H-pyrrole nitrogens is 1. The molecule has 0 fully saturated rings. The third-order valence-corrected chi connectivity index (χ3v) is 4.08. The minimum absolute atomic E-state index is 0.116. The van der Waals surface area contributed by atoms with Crippen LogP contribution >= 0.6 is 0 Å². The number of imidazole rings is 1. The Labute approximate surface area is 181 Å². The molecule has 1 aromatic heterocycles. The molecular weight excluding hydrogens is 430 g/mol. The number of rotatable bonds is 14. The van der Waals surface area contributed by atoms with Gasteiger partial charge in [0.05, 0.1) is 25.3 Å². The van der Waals surface area contributed by atoms with Crippen LogP contribution in [0.15, 0.2) is 12.5 Å². The maximum Gasteiger partial charge on any atom is 0.326 e. The van der Waals surface area contributed by atoms with E-state index < -0.39 is 66.7 Å². The standard InChI is InChI=1S/C17H25N7O8/c18-9(4-14(27)28)15(29)21-6-13(26)23-10(1-2-12(19)25)16(30)24-11(17(31)32)3-8-5-20-7-22-8/h5,7,9-11H,1-4,6,18H2,(H2,19,25)(H,20,22)(H,21,29)(H,23,26)(H,24,30)(H,27,28)(H,31,32). The van der Waals surface area contributed by atoms with Crippen LogP contribution in [-0.2, 0) is 35.2 Å². The molecule has 0 aromatic carbocycles. The van der Waals surface area contributed by atoms with E-state index in [1.807, 2.05) is 0 Å². The van der Waals surface area contributed by atoms with Crippen LogP contribution in [0, 0.1) is 0 Å². The molecule has 0 aliphatic carbocycles. The van der Waals surface area contributed by atoms with Gasteiger partial charge in [-0.1, -0.05) is 0 Å². The number of carbonyl (C=O) groups is 6. The first-order valence-corrected chi connectivity index (χ1v) is 9.32. The number of primary amides is 1. The van der Waals surface area contributed by atoms with Gasteiger partial charge in [0.25, 0.3) is 0 Å². The van der Waals surface area contributed by atoms with Gasteiger partial charge in [0, 0.05) is 24.7 Å². The Kier molecular flexibility index (Phi) is 10.3. The van der Waals surface area contributed by atoms with E-state index in [1.54, 1.807) is 0 Å². The molecule has 4 amide bonds. The van der Waals surface area contributed by atoms with E-state index in [9.17, 15) is 33.9 Å². The van der Waals surface area contributed by atoms with Crippen molar-refractivity contribution in [3.8, 4) is 0 Å². The molecule has 3 atom stereocenters. The summed E-state index contributed by atoms with van der Waals surface area (Å²) < 4.78 is 0. The Bertz CT molecular complexity index is 842. The first-order valence-electron chi connectivity index (χ1n) is 9.32. The normalized spacial score (nSPS) is 13.3. The number of aromatic amines is 1. The topological polar surface area (TPSA) is 260 Å². The molecule has 10 N–H and O–H groups in total. The molecule has 32 heavy (non-hydrogen) atoms. The molecule has 15 heteroatoms. The average Bonchev–Trinajstić information content (AvgIpc) is 3.20. The molecule has 1 heterocycles. The van der Waals surface area contributed by atoms with E-state index in [0.29, 0.717) is 5.69 Å². The summed E-state index contributed by atoms with van der Waals surface area (Å²) in [5.41, 5.74) is 10.9. The van der Waals surface area contributed by atoms with Crippen molar-refractivity contribution in [3.63, 3.8) is 0 Å². The predicted molar refractivity (Wildman–Crippen MR) is 105 cm³/mol. The Morgan fingerprint density at radius 2 is 1.75 bits per heavy atom. The van der Waals surface area contributed by atoms with Crippen LogP contribution in [-0.4, -0.2) is 80.4 Å². The lowest BCUT2D eigenvalue weighted by Gasteiger charge is -2.21. The Hall–Kier alpha value is -4.01. The molecule has 0 aliphatic heterocycles. The highest BCUT2D eigenvalue weighted by Gasteiger charge is 2.27. The molecule has 1 rings (SSSR count).